The summed E-state index contributed by atoms with van der Waals surface area (Å²) in [6.45, 7) is 2.03. The van der Waals surface area contributed by atoms with E-state index in [1.54, 1.807) is 47.2 Å². The van der Waals surface area contributed by atoms with Gasteiger partial charge in [-0.15, -0.1) is 0 Å². The third-order valence-electron chi connectivity index (χ3n) is 4.75. The Morgan fingerprint density at radius 2 is 1.70 bits per heavy atom. The molecule has 0 bridgehead atoms. The highest BCUT2D eigenvalue weighted by molar-refractivity contribution is 5.94. The molecule has 1 fully saturated rings. The van der Waals surface area contributed by atoms with Crippen molar-refractivity contribution >= 4 is 11.8 Å². The third kappa shape index (κ3) is 4.84. The molecule has 0 unspecified atom stereocenters. The van der Waals surface area contributed by atoms with Crippen LogP contribution < -0.4 is 4.74 Å². The van der Waals surface area contributed by atoms with Crippen molar-refractivity contribution in [2.24, 2.45) is 0 Å². The number of carbonyl (C=O) groups is 2. The molecule has 0 aromatic heterocycles. The predicted octanol–water partition coefficient (Wildman–Crippen LogP) is 2.75. The Morgan fingerprint density at radius 1 is 1.00 bits per heavy atom. The molecule has 0 saturated carbocycles. The Morgan fingerprint density at radius 3 is 2.41 bits per heavy atom. The van der Waals surface area contributed by atoms with E-state index in [9.17, 15) is 14.0 Å². The molecule has 2 aromatic carbocycles. The number of hydrogen-bond donors (Lipinski definition) is 0. The second-order valence-corrected chi connectivity index (χ2v) is 6.53. The van der Waals surface area contributed by atoms with E-state index in [1.807, 2.05) is 6.07 Å². The average molecular weight is 370 g/mol. The number of amides is 2. The summed E-state index contributed by atoms with van der Waals surface area (Å²) >= 11 is 0. The molecule has 1 aliphatic rings. The average Bonchev–Trinajstić information content (AvgIpc) is 2.71. The van der Waals surface area contributed by atoms with Crippen molar-refractivity contribution in [1.29, 1.82) is 0 Å². The van der Waals surface area contributed by atoms with Gasteiger partial charge in [0.15, 0.2) is 0 Å². The number of aryl methyl sites for hydroxylation is 1. The van der Waals surface area contributed by atoms with Gasteiger partial charge in [-0.25, -0.2) is 4.39 Å². The minimum atomic E-state index is -0.287. The molecular weight excluding hydrogens is 347 g/mol. The summed E-state index contributed by atoms with van der Waals surface area (Å²) in [6.07, 6.45) is 0.854. The monoisotopic (exact) mass is 370 g/mol. The standard InChI is InChI=1S/C21H23FN2O3/c1-27-19-7-3-5-17(15-19)21(26)24-12-10-23(11-13-24)20(25)9-8-16-4-2-6-18(22)14-16/h2-7,14-15H,8-13H2,1H3. The molecule has 2 aromatic rings. The molecule has 27 heavy (non-hydrogen) atoms. The SMILES string of the molecule is COc1cccc(C(=O)N2CCN(C(=O)CCc3cccc(F)c3)CC2)c1. The lowest BCUT2D eigenvalue weighted by Gasteiger charge is -2.35. The predicted molar refractivity (Wildman–Crippen MR) is 100 cm³/mol. The zero-order valence-corrected chi connectivity index (χ0v) is 15.4. The van der Waals surface area contributed by atoms with Crippen LogP contribution in [0.25, 0.3) is 0 Å². The normalized spacial score (nSPS) is 14.1. The smallest absolute Gasteiger partial charge is 0.254 e. The van der Waals surface area contributed by atoms with Crippen molar-refractivity contribution in [3.63, 3.8) is 0 Å². The molecule has 0 spiro atoms. The van der Waals surface area contributed by atoms with Crippen LogP contribution in [0.15, 0.2) is 48.5 Å². The highest BCUT2D eigenvalue weighted by Gasteiger charge is 2.24. The van der Waals surface area contributed by atoms with Crippen LogP contribution >= 0.6 is 0 Å². The number of rotatable bonds is 5. The number of methoxy groups -OCH3 is 1. The van der Waals surface area contributed by atoms with Gasteiger partial charge < -0.3 is 14.5 Å². The van der Waals surface area contributed by atoms with E-state index in [-0.39, 0.29) is 17.6 Å². The van der Waals surface area contributed by atoms with Crippen LogP contribution in [0.4, 0.5) is 4.39 Å². The van der Waals surface area contributed by atoms with Gasteiger partial charge in [0.1, 0.15) is 11.6 Å². The minimum Gasteiger partial charge on any atom is -0.497 e. The van der Waals surface area contributed by atoms with Crippen molar-refractivity contribution in [1.82, 2.24) is 9.80 Å². The second-order valence-electron chi connectivity index (χ2n) is 6.53. The summed E-state index contributed by atoms with van der Waals surface area (Å²) in [5.74, 6) is 0.338. The van der Waals surface area contributed by atoms with Gasteiger partial charge in [-0.2, -0.15) is 0 Å². The minimum absolute atomic E-state index is 0.0349. The number of hydrogen-bond acceptors (Lipinski definition) is 3. The van der Waals surface area contributed by atoms with E-state index < -0.39 is 0 Å². The second kappa shape index (κ2) is 8.66. The van der Waals surface area contributed by atoms with E-state index in [1.165, 1.54) is 12.1 Å². The van der Waals surface area contributed by atoms with E-state index in [0.717, 1.165) is 5.56 Å². The fourth-order valence-electron chi connectivity index (χ4n) is 3.20. The summed E-state index contributed by atoms with van der Waals surface area (Å²) in [5.41, 5.74) is 1.40. The maximum atomic E-state index is 13.2. The highest BCUT2D eigenvalue weighted by Crippen LogP contribution is 2.16. The van der Waals surface area contributed by atoms with Gasteiger partial charge in [-0.3, -0.25) is 9.59 Å². The third-order valence-corrected chi connectivity index (χ3v) is 4.75. The number of carbonyl (C=O) groups excluding carboxylic acids is 2. The summed E-state index contributed by atoms with van der Waals surface area (Å²) in [5, 5.41) is 0. The molecule has 6 heteroatoms. The molecule has 0 N–H and O–H groups in total. The maximum absolute atomic E-state index is 13.2. The van der Waals surface area contributed by atoms with E-state index in [0.29, 0.717) is 50.3 Å². The Hall–Kier alpha value is -2.89. The molecule has 3 rings (SSSR count). The van der Waals surface area contributed by atoms with Gasteiger partial charge in [-0.1, -0.05) is 18.2 Å². The van der Waals surface area contributed by atoms with Gasteiger partial charge in [-0.05, 0) is 42.3 Å². The van der Waals surface area contributed by atoms with Gasteiger partial charge in [0.2, 0.25) is 5.91 Å². The molecular formula is C21H23FN2O3. The van der Waals surface area contributed by atoms with Gasteiger partial charge in [0, 0.05) is 38.2 Å². The molecule has 0 radical (unpaired) electrons. The topological polar surface area (TPSA) is 49.9 Å². The number of halogens is 1. The van der Waals surface area contributed by atoms with Crippen LogP contribution in [0, 0.1) is 5.82 Å². The zero-order valence-electron chi connectivity index (χ0n) is 15.4. The lowest BCUT2D eigenvalue weighted by molar-refractivity contribution is -0.132. The van der Waals surface area contributed by atoms with Crippen molar-refractivity contribution < 1.29 is 18.7 Å². The fourth-order valence-corrected chi connectivity index (χ4v) is 3.20. The molecule has 0 aliphatic carbocycles. The van der Waals surface area contributed by atoms with E-state index in [4.69, 9.17) is 4.74 Å². The molecule has 1 heterocycles. The largest absolute Gasteiger partial charge is 0.497 e. The van der Waals surface area contributed by atoms with Crippen molar-refractivity contribution in [2.45, 2.75) is 12.8 Å². The van der Waals surface area contributed by atoms with Crippen molar-refractivity contribution in [2.75, 3.05) is 33.3 Å². The number of piperazine rings is 1. The first-order valence-electron chi connectivity index (χ1n) is 9.02. The highest BCUT2D eigenvalue weighted by atomic mass is 19.1. The molecule has 0 atom stereocenters. The first-order valence-corrected chi connectivity index (χ1v) is 9.02. The van der Waals surface area contributed by atoms with E-state index >= 15 is 0 Å². The van der Waals surface area contributed by atoms with Crippen LogP contribution in [0.2, 0.25) is 0 Å². The molecule has 1 saturated heterocycles. The Bertz CT molecular complexity index is 817. The van der Waals surface area contributed by atoms with Gasteiger partial charge >= 0.3 is 0 Å². The summed E-state index contributed by atoms with van der Waals surface area (Å²) < 4.78 is 18.4. The Balaban J connectivity index is 1.50. The Kier molecular flexibility index (Phi) is 6.06. The van der Waals surface area contributed by atoms with Crippen LogP contribution in [-0.4, -0.2) is 54.9 Å². The van der Waals surface area contributed by atoms with Crippen LogP contribution in [0.1, 0.15) is 22.3 Å². The Labute approximate surface area is 158 Å². The van der Waals surface area contributed by atoms with Crippen molar-refractivity contribution in [3.8, 4) is 5.75 Å². The summed E-state index contributed by atoms with van der Waals surface area (Å²) in [4.78, 5) is 28.5. The fraction of sp³-hybridized carbons (Fsp3) is 0.333. The van der Waals surface area contributed by atoms with Crippen LogP contribution in [-0.2, 0) is 11.2 Å². The molecule has 5 nitrogen and oxygen atoms in total. The lowest BCUT2D eigenvalue weighted by Crippen LogP contribution is -2.50. The van der Waals surface area contributed by atoms with Gasteiger partial charge in [0.25, 0.3) is 5.91 Å². The van der Waals surface area contributed by atoms with Crippen LogP contribution in [0.3, 0.4) is 0 Å². The van der Waals surface area contributed by atoms with Crippen molar-refractivity contribution in [3.05, 3.63) is 65.5 Å². The number of benzene rings is 2. The summed E-state index contributed by atoms with van der Waals surface area (Å²) in [6, 6.07) is 13.4. The molecule has 142 valence electrons. The first-order chi connectivity index (χ1) is 13.1. The summed E-state index contributed by atoms with van der Waals surface area (Å²) in [7, 11) is 1.57. The van der Waals surface area contributed by atoms with Crippen LogP contribution in [0.5, 0.6) is 5.75 Å². The quantitative estimate of drug-likeness (QED) is 0.813. The number of ether oxygens (including phenoxy) is 1. The molecule has 1 aliphatic heterocycles. The molecule has 2 amide bonds. The maximum Gasteiger partial charge on any atom is 0.254 e. The zero-order chi connectivity index (χ0) is 19.2. The number of nitrogens with zero attached hydrogens (tertiary/aromatic N) is 2. The van der Waals surface area contributed by atoms with Gasteiger partial charge in [0.05, 0.1) is 7.11 Å². The first kappa shape index (κ1) is 18.9. The lowest BCUT2D eigenvalue weighted by atomic mass is 10.1. The van der Waals surface area contributed by atoms with E-state index in [2.05, 4.69) is 0 Å².